The summed E-state index contributed by atoms with van der Waals surface area (Å²) < 4.78 is 2.89. The summed E-state index contributed by atoms with van der Waals surface area (Å²) in [6.07, 6.45) is 6.54. The second kappa shape index (κ2) is 9.07. The van der Waals surface area contributed by atoms with E-state index in [1.165, 1.54) is 5.57 Å². The van der Waals surface area contributed by atoms with Gasteiger partial charge in [0, 0.05) is 27.8 Å². The van der Waals surface area contributed by atoms with E-state index < -0.39 is 0 Å². The first-order valence-electron chi connectivity index (χ1n) is 11.2. The minimum Gasteiger partial charge on any atom is -0.349 e. The number of benzene rings is 2. The molecule has 166 valence electrons. The van der Waals surface area contributed by atoms with Gasteiger partial charge in [0.2, 0.25) is 5.43 Å². The van der Waals surface area contributed by atoms with Crippen molar-refractivity contribution in [3.8, 4) is 5.69 Å². The topological polar surface area (TPSA) is 51.1 Å². The molecule has 0 bridgehead atoms. The van der Waals surface area contributed by atoms with E-state index in [1.54, 1.807) is 12.3 Å². The lowest BCUT2D eigenvalue weighted by molar-refractivity contribution is 0.0907. The number of para-hydroxylation sites is 1. The maximum absolute atomic E-state index is 13.3. The normalized spacial score (nSPS) is 21.0. The molecule has 0 spiro atoms. The third-order valence-corrected chi connectivity index (χ3v) is 6.93. The number of carbonyl (C=O) groups excluding carboxylic acids is 1. The van der Waals surface area contributed by atoms with Crippen molar-refractivity contribution in [2.45, 2.75) is 52.0 Å². The van der Waals surface area contributed by atoms with Crippen LogP contribution in [0.3, 0.4) is 0 Å². The summed E-state index contributed by atoms with van der Waals surface area (Å²) in [6.45, 7) is 8.69. The number of fused-ring (bicyclic) bond motifs is 1. The Kier molecular flexibility index (Phi) is 6.38. The third kappa shape index (κ3) is 4.58. The molecule has 1 amide bonds. The van der Waals surface area contributed by atoms with Gasteiger partial charge in [0.15, 0.2) is 0 Å². The maximum atomic E-state index is 13.3. The van der Waals surface area contributed by atoms with E-state index >= 15 is 0 Å². The highest BCUT2D eigenvalue weighted by Crippen LogP contribution is 2.41. The molecule has 1 aromatic heterocycles. The Bertz CT molecular complexity index is 1230. The molecule has 1 aliphatic rings. The van der Waals surface area contributed by atoms with Crippen molar-refractivity contribution in [3.63, 3.8) is 0 Å². The molecule has 1 unspecified atom stereocenters. The highest BCUT2D eigenvalue weighted by molar-refractivity contribution is 9.10. The monoisotopic (exact) mass is 492 g/mol. The Morgan fingerprint density at radius 1 is 1.22 bits per heavy atom. The largest absolute Gasteiger partial charge is 0.349 e. The van der Waals surface area contributed by atoms with Gasteiger partial charge in [0.05, 0.1) is 5.52 Å². The number of aromatic nitrogens is 1. The highest BCUT2D eigenvalue weighted by atomic mass is 79.9. The number of carbonyl (C=O) groups is 1. The van der Waals surface area contributed by atoms with Gasteiger partial charge in [0.25, 0.3) is 5.91 Å². The van der Waals surface area contributed by atoms with E-state index in [0.717, 1.165) is 47.8 Å². The summed E-state index contributed by atoms with van der Waals surface area (Å²) in [7, 11) is 0. The van der Waals surface area contributed by atoms with E-state index in [9.17, 15) is 9.59 Å². The van der Waals surface area contributed by atoms with Gasteiger partial charge in [-0.05, 0) is 67.5 Å². The Labute approximate surface area is 197 Å². The van der Waals surface area contributed by atoms with Crippen molar-refractivity contribution >= 4 is 32.7 Å². The fraction of sp³-hybridized carbons (Fsp3) is 0.333. The lowest BCUT2D eigenvalue weighted by Crippen LogP contribution is -2.43. The number of rotatable bonds is 5. The summed E-state index contributed by atoms with van der Waals surface area (Å²) in [6, 6.07) is 15.2. The van der Waals surface area contributed by atoms with E-state index in [2.05, 4.69) is 41.7 Å². The predicted octanol–water partition coefficient (Wildman–Crippen LogP) is 6.40. The number of amides is 1. The molecule has 0 aliphatic heterocycles. The zero-order chi connectivity index (χ0) is 22.9. The fourth-order valence-corrected chi connectivity index (χ4v) is 5.44. The fourth-order valence-electron chi connectivity index (χ4n) is 5.18. The van der Waals surface area contributed by atoms with Crippen LogP contribution in [0, 0.1) is 5.41 Å². The summed E-state index contributed by atoms with van der Waals surface area (Å²) in [5.74, 6) is -0.315. The number of hydrogen-bond donors (Lipinski definition) is 1. The van der Waals surface area contributed by atoms with Gasteiger partial charge in [-0.25, -0.2) is 0 Å². The average Bonchev–Trinajstić information content (AvgIpc) is 2.74. The molecule has 0 saturated heterocycles. The molecule has 3 aromatic rings. The van der Waals surface area contributed by atoms with Gasteiger partial charge in [0.1, 0.15) is 5.56 Å². The summed E-state index contributed by atoms with van der Waals surface area (Å²) in [5, 5.41) is 3.69. The molecule has 2 aromatic carbocycles. The van der Waals surface area contributed by atoms with Crippen LogP contribution in [0.15, 0.2) is 76.1 Å². The smallest absolute Gasteiger partial charge is 0.257 e. The van der Waals surface area contributed by atoms with Crippen LogP contribution in [-0.2, 0) is 0 Å². The molecular weight excluding hydrogens is 464 g/mol. The number of hydrogen-bond acceptors (Lipinski definition) is 2. The lowest BCUT2D eigenvalue weighted by atomic mass is 9.69. The zero-order valence-corrected chi connectivity index (χ0v) is 20.2. The first kappa shape index (κ1) is 22.5. The van der Waals surface area contributed by atoms with Gasteiger partial charge in [-0.3, -0.25) is 9.59 Å². The quantitative estimate of drug-likeness (QED) is 0.419. The average molecular weight is 493 g/mol. The Hall–Kier alpha value is -2.66. The zero-order valence-electron chi connectivity index (χ0n) is 18.7. The van der Waals surface area contributed by atoms with Crippen molar-refractivity contribution in [1.29, 1.82) is 0 Å². The van der Waals surface area contributed by atoms with Crippen LogP contribution >= 0.6 is 15.9 Å². The number of nitrogens with one attached hydrogen (secondary N) is 1. The van der Waals surface area contributed by atoms with Crippen LogP contribution in [0.2, 0.25) is 0 Å². The second-order valence-electron chi connectivity index (χ2n) is 9.30. The van der Waals surface area contributed by atoms with Gasteiger partial charge in [-0.1, -0.05) is 60.5 Å². The summed E-state index contributed by atoms with van der Waals surface area (Å²) in [4.78, 5) is 26.6. The first-order chi connectivity index (χ1) is 15.3. The van der Waals surface area contributed by atoms with Gasteiger partial charge in [-0.15, -0.1) is 0 Å². The van der Waals surface area contributed by atoms with Crippen LogP contribution in [0.4, 0.5) is 0 Å². The van der Waals surface area contributed by atoms with Gasteiger partial charge in [-0.2, -0.15) is 0 Å². The Morgan fingerprint density at radius 2 is 1.94 bits per heavy atom. The second-order valence-corrected chi connectivity index (χ2v) is 10.2. The van der Waals surface area contributed by atoms with Crippen molar-refractivity contribution in [1.82, 2.24) is 9.88 Å². The van der Waals surface area contributed by atoms with Crippen LogP contribution < -0.4 is 10.7 Å². The van der Waals surface area contributed by atoms with E-state index in [1.807, 2.05) is 47.0 Å². The van der Waals surface area contributed by atoms with E-state index in [-0.39, 0.29) is 28.4 Å². The number of nitrogens with zero attached hydrogens (tertiary/aromatic N) is 1. The lowest BCUT2D eigenvalue weighted by Gasteiger charge is -2.39. The number of halogens is 1. The van der Waals surface area contributed by atoms with Crippen molar-refractivity contribution in [2.24, 2.45) is 5.41 Å². The number of pyridine rings is 1. The molecule has 4 nitrogen and oxygen atoms in total. The molecule has 0 radical (unpaired) electrons. The molecule has 1 heterocycles. The minimum atomic E-state index is -0.315. The van der Waals surface area contributed by atoms with Crippen molar-refractivity contribution in [3.05, 3.63) is 87.1 Å². The molecular formula is C27H29BrN2O2. The van der Waals surface area contributed by atoms with E-state index in [0.29, 0.717) is 5.39 Å². The molecule has 1 aliphatic carbocycles. The maximum Gasteiger partial charge on any atom is 0.257 e. The summed E-state index contributed by atoms with van der Waals surface area (Å²) >= 11 is 3.47. The summed E-state index contributed by atoms with van der Waals surface area (Å²) in [5.41, 5.74) is 2.90. The molecule has 5 heteroatoms. The first-order valence-corrected chi connectivity index (χ1v) is 12.0. The van der Waals surface area contributed by atoms with Gasteiger partial charge >= 0.3 is 0 Å². The Morgan fingerprint density at radius 3 is 2.66 bits per heavy atom. The molecule has 1 saturated carbocycles. The van der Waals surface area contributed by atoms with E-state index in [4.69, 9.17) is 0 Å². The molecule has 1 fully saturated rings. The molecule has 1 N–H and O–H groups in total. The molecule has 4 rings (SSSR count). The minimum absolute atomic E-state index is 0.00713. The van der Waals surface area contributed by atoms with Crippen molar-refractivity contribution < 1.29 is 4.79 Å². The highest BCUT2D eigenvalue weighted by Gasteiger charge is 2.34. The predicted molar refractivity (Wildman–Crippen MR) is 135 cm³/mol. The van der Waals surface area contributed by atoms with Crippen LogP contribution in [0.1, 0.15) is 56.3 Å². The molecule has 32 heavy (non-hydrogen) atoms. The van der Waals surface area contributed by atoms with Gasteiger partial charge < -0.3 is 9.88 Å². The Balaban J connectivity index is 1.72. The third-order valence-electron chi connectivity index (χ3n) is 6.40. The van der Waals surface area contributed by atoms with Crippen LogP contribution in [0.25, 0.3) is 16.6 Å². The molecule has 2 atom stereocenters. The van der Waals surface area contributed by atoms with Crippen LogP contribution in [-0.4, -0.2) is 16.5 Å². The SMILES string of the molecule is C=C1C[C@H](NC(=O)c2cn(-c3ccc(Br)cc3)c3ccccc3c2=O)CC(C)(CCC)C1. The standard InChI is InChI=1S/C27H29BrN2O2/c1-4-13-27(3)15-18(2)14-20(16-27)29-26(32)23-17-30(21-11-9-19(28)10-12-21)24-8-6-5-7-22(24)25(23)31/h5-12,17,20H,2,4,13-16H2,1,3H3,(H,29,32)/t20-,27?/m0/s1. The van der Waals surface area contributed by atoms with Crippen LogP contribution in [0.5, 0.6) is 0 Å². The van der Waals surface area contributed by atoms with Crippen molar-refractivity contribution in [2.75, 3.05) is 0 Å².